The molecule has 6 aromatic rings. The Balaban J connectivity index is -0.0000000123. The number of rotatable bonds is 17. The van der Waals surface area contributed by atoms with Gasteiger partial charge in [-0.15, -0.1) is 0 Å². The van der Waals surface area contributed by atoms with Crippen LogP contribution in [0.3, 0.4) is 0 Å². The van der Waals surface area contributed by atoms with Crippen LogP contribution in [0.5, 0.6) is 52.5 Å². The SMILES string of the molecule is C.[2HH].[2H][2H].[2H][2H].[2H][2H].[2H][2H].[2H][2H].[2H][2H].[2H][2H].[2H][2H].[2H][2H].[2H][2H].[2H][2H].[2H][2H].[2H][2H].[2H][2H].[2H][2H].[2H][2H].[2H][2H].[2H][2H].[2H][2H].[2H][2H].[2H][2H].[2H][2H].[2H][2H].[2H][2H].[2H][2H].[2H][2H].[2H][2H].[2H][2H].[2H][2H].[2H][2H].[2H][2H].[2H][2H].[2H][2H].[2H][2H].[2H][2H].[2H][2H].[2H][2H].[2H][2H].[2H][2H].[2H][2H].[2H][2H].[2H][2H].[2H][2H].[2H][2H].[2H][2H].[2H][2H].[2H][2H].[2H][2H].[2H][2H].[2H][2H].[2H][2H].[2H][2H].[2H][2H].[2H][2H].[2H][2H].[2H][2H].[2H][2H].[2H][2H].[2H][2H].[2H][2H].[2H][2H].[2H][2H].[2H][2H].[2H][2H].[2H][2H].[2H][2H].[2H][2H].[2H][2H].[2H][2H].[2H][2H].[2H][2H].[2H][2H].[2H][2H].[2H][2H].[2H][2H].[2H][2H].[2H][2H].[2H][2H].[2H][2H].[2H][2H].[2H][2H].[2H][2H].[2H][2H].[2H][2H].[2H][2H].[2H][2H].[2H][2H].[2H][2H].[2H][2H].[2H][2H].[2H][2H].[2H][2H].[2H][2H].[2H][2H].[2H][2H].[2H][2H].[2H][2H].[2H][2H].[2H][2H].[2H][2H].[2H][2H].[2H][2H].[2H][2H].[2H][2H].[2H][2H].[2H][2H].[2H][2H].[2H][2H].[2H][2H].[2H][2H].[2H][2H].[2H][2H].[C-]#[N+]c1ccc(Oc2ccc(B3OC(C)(C)C(C)(C)O3)c(C=O)c2)nc1OCCC.[C-]#[N+]c1ccc(Oc2ccc3c(c2)COB3O)nc1OCCC.[C-]#[N+]c1ccc(Oc2ccc3c(c2)COB3O)nc1OCCO. The van der Waals surface area contributed by atoms with Crippen molar-refractivity contribution in [1.82, 2.24) is 15.0 Å². The Kier molecular flexibility index (Phi) is 3.19. The molecule has 0 saturated carbocycles. The molecule has 1 fully saturated rings. The number of nitrogens with zero attached hydrogens (tertiary/aromatic N) is 6. The first-order chi connectivity index (χ1) is 149. The molecule has 0 spiro atoms. The van der Waals surface area contributed by atoms with Gasteiger partial charge < -0.3 is 62.2 Å². The molecule has 0 unspecified atom stereocenters. The molecule has 0 aliphatic carbocycles. The zero-order chi connectivity index (χ0) is 278. The summed E-state index contributed by atoms with van der Waals surface area (Å²) in [7, 11) is -2.41. The highest BCUT2D eigenvalue weighted by Gasteiger charge is 2.52. The summed E-state index contributed by atoms with van der Waals surface area (Å²) < 4.78 is 1180. The number of fused-ring (bicyclic) bond motifs is 2. The van der Waals surface area contributed by atoms with Gasteiger partial charge in [0.05, 0.1) is 64.0 Å². The van der Waals surface area contributed by atoms with Crippen molar-refractivity contribution < 1.29 is 401 Å². The summed E-state index contributed by atoms with van der Waals surface area (Å²) in [5, 5.41) is 28.0. The summed E-state index contributed by atoms with van der Waals surface area (Å²) in [4.78, 5) is 34.5. The van der Waals surface area contributed by atoms with E-state index >= 15 is 0 Å². The average molecular weight is 1500 g/mol. The third-order valence-corrected chi connectivity index (χ3v) is 11.9. The fourth-order valence-corrected chi connectivity index (χ4v) is 7.34. The van der Waals surface area contributed by atoms with E-state index in [0.29, 0.717) is 72.0 Å². The highest BCUT2D eigenvalue weighted by atomic mass is 16.7. The van der Waals surface area contributed by atoms with E-state index in [4.69, 9.17) is 404 Å². The molecule has 77 heavy (non-hydrogen) atoms. The lowest BCUT2D eigenvalue weighted by molar-refractivity contribution is 0.00578. The Morgan fingerprint density at radius 3 is 1.35 bits per heavy atom. The largest absolute Gasteiger partial charge is 0.495 e. The maximum Gasteiger partial charge on any atom is 0.495 e. The molecular formula is C54H283B3N6O14. The van der Waals surface area contributed by atoms with Crippen molar-refractivity contribution in [3.63, 3.8) is 0 Å². The van der Waals surface area contributed by atoms with Gasteiger partial charge in [0.2, 0.25) is 52.3 Å². The normalized spacial score (nSPS) is 25.7. The predicted molar refractivity (Wildman–Crippen MR) is 527 cm³/mol. The molecule has 0 radical (unpaired) electrons. The number of aldehydes is 1. The minimum atomic E-state index is -0.895. The Labute approximate surface area is 795 Å². The van der Waals surface area contributed by atoms with E-state index in [1.165, 1.54) is 0 Å². The fraction of sp³-hybridized carbons (Fsp3) is 0.315. The lowest BCUT2D eigenvalue weighted by Gasteiger charge is -2.32. The van der Waals surface area contributed by atoms with Crippen molar-refractivity contribution in [3.05, 3.63) is 142 Å². The number of aromatic nitrogens is 3. The van der Waals surface area contributed by atoms with E-state index in [9.17, 15) is 14.8 Å². The number of aliphatic hydroxyl groups is 1. The van der Waals surface area contributed by atoms with E-state index in [-0.39, 0.29) is 57.2 Å². The van der Waals surface area contributed by atoms with Crippen LogP contribution in [0, 0.1) is 19.7 Å². The van der Waals surface area contributed by atoms with Crippen LogP contribution < -0.4 is 44.8 Å². The topological polar surface area (TPSA) is 222 Å². The monoisotopic (exact) mass is 1500 g/mol. The van der Waals surface area contributed by atoms with E-state index in [0.717, 1.165) is 41.2 Å². The molecule has 1 saturated heterocycles. The van der Waals surface area contributed by atoms with Gasteiger partial charge in [-0.05, 0) is 141 Å². The molecule has 6 heterocycles. The molecule has 3 N–H and O–H groups in total. The van der Waals surface area contributed by atoms with Gasteiger partial charge in [0.1, 0.15) is 30.1 Å². The van der Waals surface area contributed by atoms with Crippen molar-refractivity contribution in [2.45, 2.75) is 86.2 Å². The van der Waals surface area contributed by atoms with Crippen LogP contribution in [0.4, 0.5) is 17.1 Å². The number of carbonyl (C=O) groups excluding carboxylic acids is 1. The summed E-state index contributed by atoms with van der Waals surface area (Å²) in [5.41, 5.74) is 4.17. The predicted octanol–water partition coefficient (Wildman–Crippen LogP) is 36.2. The van der Waals surface area contributed by atoms with E-state index in [1.54, 1.807) is 84.9 Å². The molecule has 622 valence electrons. The summed E-state index contributed by atoms with van der Waals surface area (Å²) in [6.45, 7) is 34.7. The Morgan fingerprint density at radius 2 is 0.987 bits per heavy atom. The minimum absolute atomic E-state index is 0. The molecule has 0 amide bonds. The molecule has 9 rings (SSSR count). The number of aliphatic hydroxyl groups excluding tert-OH is 1. The molecule has 3 aliphatic rings. The first kappa shape index (κ1) is 9.21. The number of carbonyl (C=O) groups is 1. The second-order valence-electron chi connectivity index (χ2n) is 17.9. The van der Waals surface area contributed by atoms with Crippen LogP contribution in [-0.2, 0) is 31.8 Å². The Hall–Kier alpha value is -8.04. The number of hydrogen-bond donors (Lipinski definition) is 3. The van der Waals surface area contributed by atoms with Crippen LogP contribution in [0.1, 0.15) is 417 Å². The molecular weight excluding hydrogens is 989 g/mol. The van der Waals surface area contributed by atoms with Crippen molar-refractivity contribution in [2.24, 2.45) is 0 Å². The number of hydrogen-bond acceptors (Lipinski definition) is 17. The summed E-state index contributed by atoms with van der Waals surface area (Å²) >= 11 is 0. The summed E-state index contributed by atoms with van der Waals surface area (Å²) in [6, 6.07) is 25.2. The Bertz CT molecular complexity index is 3270. The van der Waals surface area contributed by atoms with Crippen molar-refractivity contribution in [3.8, 4) is 52.5 Å². The van der Waals surface area contributed by atoms with Gasteiger partial charge in [-0.25, -0.2) is 14.5 Å². The van der Waals surface area contributed by atoms with Crippen LogP contribution in [0.15, 0.2) is 91.0 Å². The van der Waals surface area contributed by atoms with E-state index in [1.807, 2.05) is 47.6 Å². The van der Waals surface area contributed by atoms with Gasteiger partial charge >= 0.3 is 21.4 Å². The Morgan fingerprint density at radius 1 is 0.610 bits per heavy atom. The maximum absolute atomic E-state index is 11.7. The first-order valence-electron chi connectivity index (χ1n) is 136. The molecule has 3 aromatic carbocycles. The van der Waals surface area contributed by atoms with Crippen molar-refractivity contribution in [1.29, 1.82) is 0 Å². The molecule has 3 aromatic heterocycles. The molecule has 3 aliphatic heterocycles. The number of ether oxygens (including phenoxy) is 6. The van der Waals surface area contributed by atoms with Gasteiger partial charge in [-0.1, -0.05) is 39.5 Å². The third-order valence-electron chi connectivity index (χ3n) is 11.9. The van der Waals surface area contributed by atoms with E-state index < -0.39 is 32.6 Å². The first-order valence-corrected chi connectivity index (χ1v) is 24.1. The van der Waals surface area contributed by atoms with Crippen LogP contribution in [-0.4, -0.2) is 95.4 Å². The lowest BCUT2D eigenvalue weighted by Crippen LogP contribution is -2.41. The molecule has 20 nitrogen and oxygen atoms in total. The fourth-order valence-electron chi connectivity index (χ4n) is 7.34. The van der Waals surface area contributed by atoms with Crippen LogP contribution in [0.2, 0.25) is 0 Å². The lowest BCUT2D eigenvalue weighted by atomic mass is 9.76. The van der Waals surface area contributed by atoms with E-state index in [2.05, 4.69) is 29.5 Å². The molecule has 0 atom stereocenters. The zero-order valence-corrected chi connectivity index (χ0v) is 42.6. The highest BCUT2D eigenvalue weighted by Crippen LogP contribution is 2.38. The average Bonchev–Trinajstić information content (AvgIpc) is 1.61. The van der Waals surface area contributed by atoms with Crippen LogP contribution in [0.25, 0.3) is 14.5 Å². The minimum Gasteiger partial charge on any atom is -0.486 e. The van der Waals surface area contributed by atoms with Gasteiger partial charge in [-0.2, -0.15) is 15.0 Å². The molecule has 0 bridgehead atoms. The second-order valence-corrected chi connectivity index (χ2v) is 17.9. The summed E-state index contributed by atoms with van der Waals surface area (Å²) in [6.07, 6.45) is 2.38. The van der Waals surface area contributed by atoms with Crippen LogP contribution >= 0.6 is 0 Å². The smallest absolute Gasteiger partial charge is 0.486 e. The zero-order valence-electron chi connectivity index (χ0n) is 267. The second kappa shape index (κ2) is 26.6. The number of benzene rings is 3. The standard InChI is InChI=1S/C22H25BN2O5.C16H15BN2O4.C15H13BN2O5.CH4.113H2/c1-7-12-27-20-18(24-6)10-11-19(25-20)28-16-8-9-17(15(13-16)14-26)23-29-21(2,3)22(4,5)30-23;1-3-8-21-16-14(18-2)6-7-15(19-16)23-12-4-5-13-11(9-12)10-22-17(13)20;1-17-13-4-5-14(18-15(13)21-7-6-19)23-11-2-3-12-10(8-11)9-22-16(12)20;;;;;;;;;;;;;;;;;;;;;;;;;;;;;;;;;;;;;;;;;;;;;;;;;;;;;;;;;;;;;;;;;;;;;;;;;;;;;;;;;;;;;;;;;;;;;;;;;;;;;;;;;;;;;;;;;;/h8-11,13-14H,7,12H2,1-5H3;4-7,9,20H,3,8,10H2,1H3;2-5,8,19-20H,6-7,9H2;1H4;113*1H/i;;;;112*1+1D;1+1. The van der Waals surface area contributed by atoms with Crippen molar-refractivity contribution in [2.75, 3.05) is 26.4 Å². The summed E-state index contributed by atoms with van der Waals surface area (Å²) in [5.74, 6) is 3.08. The highest BCUT2D eigenvalue weighted by molar-refractivity contribution is 6.63. The van der Waals surface area contributed by atoms with Gasteiger partial charge in [-0.3, -0.25) is 4.79 Å². The van der Waals surface area contributed by atoms with Gasteiger partial charge in [0.25, 0.3) is 0 Å². The van der Waals surface area contributed by atoms with Crippen molar-refractivity contribution >= 4 is 61.1 Å². The van der Waals surface area contributed by atoms with Gasteiger partial charge in [0.15, 0.2) is 0 Å². The maximum atomic E-state index is 11.7. The third kappa shape index (κ3) is 14.5. The number of pyridine rings is 3. The quantitative estimate of drug-likeness (QED) is 0.0439. The molecule has 23 heteroatoms. The van der Waals surface area contributed by atoms with Gasteiger partial charge in [0, 0.05) is 340 Å².